The van der Waals surface area contributed by atoms with Crippen LogP contribution in [0.15, 0.2) is 78.9 Å². The van der Waals surface area contributed by atoms with Crippen molar-refractivity contribution in [3.8, 4) is 11.5 Å². The third-order valence-electron chi connectivity index (χ3n) is 4.50. The van der Waals surface area contributed by atoms with Crippen molar-refractivity contribution in [1.29, 1.82) is 0 Å². The second-order valence-electron chi connectivity index (χ2n) is 7.34. The molecule has 5 heteroatoms. The number of para-hydroxylation sites is 1. The highest BCUT2D eigenvalue weighted by Gasteiger charge is 2.36. The Morgan fingerprint density at radius 1 is 0.724 bits per heavy atom. The van der Waals surface area contributed by atoms with E-state index in [2.05, 4.69) is 10.6 Å². The fraction of sp³-hybridized carbons (Fsp3) is 0.167. The van der Waals surface area contributed by atoms with Crippen LogP contribution >= 0.6 is 0 Å². The van der Waals surface area contributed by atoms with E-state index in [4.69, 9.17) is 4.74 Å². The predicted octanol–water partition coefficient (Wildman–Crippen LogP) is 5.39. The van der Waals surface area contributed by atoms with Gasteiger partial charge in [0.2, 0.25) is 11.8 Å². The maximum Gasteiger partial charge on any atom is 0.239 e. The number of benzene rings is 3. The molecule has 2 N–H and O–H groups in total. The van der Waals surface area contributed by atoms with Crippen LogP contribution in [0, 0.1) is 12.3 Å². The first kappa shape index (κ1) is 20.1. The summed E-state index contributed by atoms with van der Waals surface area (Å²) < 4.78 is 5.74. The number of hydrogen-bond donors (Lipinski definition) is 2. The number of amides is 2. The van der Waals surface area contributed by atoms with Crippen molar-refractivity contribution in [3.05, 3.63) is 84.4 Å². The largest absolute Gasteiger partial charge is 0.457 e. The first-order valence-electron chi connectivity index (χ1n) is 9.37. The third-order valence-corrected chi connectivity index (χ3v) is 4.50. The fourth-order valence-corrected chi connectivity index (χ4v) is 2.63. The lowest BCUT2D eigenvalue weighted by atomic mass is 9.90. The summed E-state index contributed by atoms with van der Waals surface area (Å²) in [7, 11) is 0. The molecule has 5 nitrogen and oxygen atoms in total. The topological polar surface area (TPSA) is 67.4 Å². The van der Waals surface area contributed by atoms with Crippen molar-refractivity contribution in [2.24, 2.45) is 5.41 Å². The minimum atomic E-state index is -1.25. The molecule has 29 heavy (non-hydrogen) atoms. The van der Waals surface area contributed by atoms with Gasteiger partial charge in [-0.1, -0.05) is 30.3 Å². The Kier molecular flexibility index (Phi) is 5.98. The second kappa shape index (κ2) is 8.61. The summed E-state index contributed by atoms with van der Waals surface area (Å²) in [5.74, 6) is 0.632. The Morgan fingerprint density at radius 3 is 1.93 bits per heavy atom. The molecule has 0 aliphatic carbocycles. The van der Waals surface area contributed by atoms with Crippen LogP contribution < -0.4 is 15.4 Å². The molecule has 3 aromatic carbocycles. The molecule has 148 valence electrons. The quantitative estimate of drug-likeness (QED) is 0.556. The summed E-state index contributed by atoms with van der Waals surface area (Å²) in [5.41, 5.74) is 1.04. The SMILES string of the molecule is Cc1cccc(NC(=O)C(C)(C)C(=O)Nc2ccc(Oc3ccccc3)cc2)c1. The van der Waals surface area contributed by atoms with Gasteiger partial charge in [0.1, 0.15) is 16.9 Å². The standard InChI is InChI=1S/C24H24N2O3/c1-17-8-7-9-19(16-17)26-23(28)24(2,3)22(27)25-18-12-14-21(15-13-18)29-20-10-5-4-6-11-20/h4-16H,1-3H3,(H,25,27)(H,26,28). The summed E-state index contributed by atoms with van der Waals surface area (Å²) in [5, 5.41) is 5.60. The summed E-state index contributed by atoms with van der Waals surface area (Å²) >= 11 is 0. The lowest BCUT2D eigenvalue weighted by Gasteiger charge is -2.23. The van der Waals surface area contributed by atoms with Crippen molar-refractivity contribution in [1.82, 2.24) is 0 Å². The lowest BCUT2D eigenvalue weighted by Crippen LogP contribution is -2.41. The molecule has 0 radical (unpaired) electrons. The highest BCUT2D eigenvalue weighted by Crippen LogP contribution is 2.25. The van der Waals surface area contributed by atoms with Crippen molar-refractivity contribution < 1.29 is 14.3 Å². The maximum absolute atomic E-state index is 12.7. The van der Waals surface area contributed by atoms with E-state index in [1.807, 2.05) is 55.5 Å². The van der Waals surface area contributed by atoms with Gasteiger partial charge in [0.05, 0.1) is 0 Å². The monoisotopic (exact) mass is 388 g/mol. The first-order valence-corrected chi connectivity index (χ1v) is 9.37. The molecule has 0 aliphatic heterocycles. The Labute approximate surface area is 170 Å². The van der Waals surface area contributed by atoms with Gasteiger partial charge in [-0.3, -0.25) is 9.59 Å². The molecule has 0 aromatic heterocycles. The van der Waals surface area contributed by atoms with Gasteiger partial charge in [-0.2, -0.15) is 0 Å². The average Bonchev–Trinajstić information content (AvgIpc) is 2.70. The zero-order valence-corrected chi connectivity index (χ0v) is 16.7. The van der Waals surface area contributed by atoms with Crippen LogP contribution in [0.3, 0.4) is 0 Å². The number of nitrogens with one attached hydrogen (secondary N) is 2. The number of aryl methyl sites for hydroxylation is 1. The summed E-state index contributed by atoms with van der Waals surface area (Å²) in [6, 6.07) is 23.9. The van der Waals surface area contributed by atoms with E-state index in [0.29, 0.717) is 17.1 Å². The number of ether oxygens (including phenoxy) is 1. The molecule has 0 atom stereocenters. The van der Waals surface area contributed by atoms with Gasteiger partial charge in [0.15, 0.2) is 0 Å². The molecule has 0 saturated carbocycles. The van der Waals surface area contributed by atoms with Gasteiger partial charge >= 0.3 is 0 Å². The zero-order valence-electron chi connectivity index (χ0n) is 16.7. The van der Waals surface area contributed by atoms with E-state index < -0.39 is 5.41 Å². The molecule has 0 saturated heterocycles. The summed E-state index contributed by atoms with van der Waals surface area (Å²) in [6.45, 7) is 5.14. The Hall–Kier alpha value is -3.60. The molecule has 0 bridgehead atoms. The highest BCUT2D eigenvalue weighted by atomic mass is 16.5. The molecule has 3 aromatic rings. The highest BCUT2D eigenvalue weighted by molar-refractivity contribution is 6.14. The fourth-order valence-electron chi connectivity index (χ4n) is 2.63. The van der Waals surface area contributed by atoms with Crippen LogP contribution in [0.4, 0.5) is 11.4 Å². The van der Waals surface area contributed by atoms with E-state index >= 15 is 0 Å². The van der Waals surface area contributed by atoms with Crippen molar-refractivity contribution >= 4 is 23.2 Å². The number of carbonyl (C=O) groups is 2. The predicted molar refractivity (Wildman–Crippen MR) is 115 cm³/mol. The van der Waals surface area contributed by atoms with Gasteiger partial charge in [-0.25, -0.2) is 0 Å². The maximum atomic E-state index is 12.7. The molecule has 3 rings (SSSR count). The minimum Gasteiger partial charge on any atom is -0.457 e. The molecule has 0 aliphatic rings. The van der Waals surface area contributed by atoms with Gasteiger partial charge in [-0.05, 0) is 74.9 Å². The van der Waals surface area contributed by atoms with Gasteiger partial charge in [0.25, 0.3) is 0 Å². The van der Waals surface area contributed by atoms with Crippen molar-refractivity contribution in [3.63, 3.8) is 0 Å². The molecular formula is C24H24N2O3. The van der Waals surface area contributed by atoms with Gasteiger partial charge in [-0.15, -0.1) is 0 Å². The number of carbonyl (C=O) groups excluding carboxylic acids is 2. The molecule has 2 amide bonds. The van der Waals surface area contributed by atoms with E-state index in [1.165, 1.54) is 0 Å². The molecule has 0 fully saturated rings. The van der Waals surface area contributed by atoms with Crippen LogP contribution in [-0.2, 0) is 9.59 Å². The van der Waals surface area contributed by atoms with E-state index in [1.54, 1.807) is 44.2 Å². The van der Waals surface area contributed by atoms with Crippen LogP contribution in [0.1, 0.15) is 19.4 Å². The molecule has 0 spiro atoms. The zero-order chi connectivity index (χ0) is 20.9. The average molecular weight is 388 g/mol. The minimum absolute atomic E-state index is 0.371. The van der Waals surface area contributed by atoms with Crippen LogP contribution in [-0.4, -0.2) is 11.8 Å². The lowest BCUT2D eigenvalue weighted by molar-refractivity contribution is -0.135. The summed E-state index contributed by atoms with van der Waals surface area (Å²) in [6.07, 6.45) is 0. The Morgan fingerprint density at radius 2 is 1.31 bits per heavy atom. The molecular weight excluding hydrogens is 364 g/mol. The number of anilines is 2. The first-order chi connectivity index (χ1) is 13.8. The van der Waals surface area contributed by atoms with Crippen molar-refractivity contribution in [2.45, 2.75) is 20.8 Å². The molecule has 0 unspecified atom stereocenters. The van der Waals surface area contributed by atoms with Crippen LogP contribution in [0.2, 0.25) is 0 Å². The molecule has 0 heterocycles. The third kappa shape index (κ3) is 5.23. The number of rotatable bonds is 6. The van der Waals surface area contributed by atoms with E-state index in [-0.39, 0.29) is 11.8 Å². The van der Waals surface area contributed by atoms with E-state index in [0.717, 1.165) is 11.3 Å². The summed E-state index contributed by atoms with van der Waals surface area (Å²) in [4.78, 5) is 25.3. The smallest absolute Gasteiger partial charge is 0.239 e. The van der Waals surface area contributed by atoms with Crippen LogP contribution in [0.25, 0.3) is 0 Å². The normalized spacial score (nSPS) is 10.9. The van der Waals surface area contributed by atoms with Crippen LogP contribution in [0.5, 0.6) is 11.5 Å². The van der Waals surface area contributed by atoms with Crippen molar-refractivity contribution in [2.75, 3.05) is 10.6 Å². The number of hydrogen-bond acceptors (Lipinski definition) is 3. The second-order valence-corrected chi connectivity index (χ2v) is 7.34. The Bertz CT molecular complexity index is 996. The van der Waals surface area contributed by atoms with E-state index in [9.17, 15) is 9.59 Å². The van der Waals surface area contributed by atoms with Gasteiger partial charge in [0, 0.05) is 11.4 Å². The Balaban J connectivity index is 1.62. The van der Waals surface area contributed by atoms with Gasteiger partial charge < -0.3 is 15.4 Å².